The number of nitrogen functional groups attached to an aromatic ring is 1. The highest BCUT2D eigenvalue weighted by molar-refractivity contribution is 6.24. The molecule has 4 N–H and O–H groups in total. The molecule has 198 valence electrons. The Bertz CT molecular complexity index is 1480. The second kappa shape index (κ2) is 12.4. The first-order valence-corrected chi connectivity index (χ1v) is 12.1. The van der Waals surface area contributed by atoms with Crippen LogP contribution in [0.3, 0.4) is 0 Å². The smallest absolute Gasteiger partial charge is 0.255 e. The first-order chi connectivity index (χ1) is 18.9. The summed E-state index contributed by atoms with van der Waals surface area (Å²) in [5, 5.41) is 5.69. The number of methoxy groups -OCH3 is 2. The predicted molar refractivity (Wildman–Crippen MR) is 151 cm³/mol. The Labute approximate surface area is 226 Å². The van der Waals surface area contributed by atoms with Gasteiger partial charge in [-0.2, -0.15) is 0 Å². The van der Waals surface area contributed by atoms with Gasteiger partial charge in [0.05, 0.1) is 25.6 Å². The lowest BCUT2D eigenvalue weighted by atomic mass is 10.0. The van der Waals surface area contributed by atoms with Crippen molar-refractivity contribution in [2.45, 2.75) is 6.54 Å². The Morgan fingerprint density at radius 1 is 0.846 bits per heavy atom. The summed E-state index contributed by atoms with van der Waals surface area (Å²) in [5.74, 6) is 0.0845. The van der Waals surface area contributed by atoms with Gasteiger partial charge in [-0.15, -0.1) is 0 Å². The van der Waals surface area contributed by atoms with Gasteiger partial charge in [-0.3, -0.25) is 9.59 Å². The minimum Gasteiger partial charge on any atom is -0.497 e. The number of nitrogens with two attached hydrogens (primary N) is 1. The van der Waals surface area contributed by atoms with Gasteiger partial charge in [0.1, 0.15) is 17.3 Å². The zero-order valence-corrected chi connectivity index (χ0v) is 21.5. The molecule has 0 aliphatic carbocycles. The summed E-state index contributed by atoms with van der Waals surface area (Å²) in [6.45, 7) is 0.215. The lowest BCUT2D eigenvalue weighted by Crippen LogP contribution is -2.24. The van der Waals surface area contributed by atoms with Crippen molar-refractivity contribution >= 4 is 34.8 Å². The molecule has 0 aliphatic rings. The molecule has 0 bridgehead atoms. The largest absolute Gasteiger partial charge is 0.497 e. The lowest BCUT2D eigenvalue weighted by Gasteiger charge is -2.12. The average Bonchev–Trinajstić information content (AvgIpc) is 2.96. The van der Waals surface area contributed by atoms with Crippen LogP contribution in [0.15, 0.2) is 91.0 Å². The molecule has 0 aliphatic heterocycles. The Morgan fingerprint density at radius 3 is 2.08 bits per heavy atom. The monoisotopic (exact) mass is 525 g/mol. The van der Waals surface area contributed by atoms with Gasteiger partial charge in [-0.1, -0.05) is 36.4 Å². The van der Waals surface area contributed by atoms with E-state index in [0.717, 1.165) is 5.56 Å². The molecule has 0 radical (unpaired) electrons. The van der Waals surface area contributed by atoms with Crippen molar-refractivity contribution in [3.8, 4) is 11.5 Å². The Balaban J connectivity index is 1.51. The standard InChI is InChI=1S/C31H28FN3O4/c1-38-25-15-21(16-26(18-25)39-2)17-27(22-11-13-24(32)14-12-22)31(37)34-19-20-7-9-23(10-8-20)30(36)35-29-6-4-3-5-28(29)33/h3-18H,19,33H2,1-2H3,(H,34,37)(H,35,36)/b27-17+. The highest BCUT2D eigenvalue weighted by atomic mass is 19.1. The molecule has 0 saturated heterocycles. The molecule has 0 unspecified atom stereocenters. The molecule has 0 saturated carbocycles. The third kappa shape index (κ3) is 7.01. The molecule has 0 atom stereocenters. The average molecular weight is 526 g/mol. The number of anilines is 2. The zero-order valence-electron chi connectivity index (χ0n) is 21.5. The lowest BCUT2D eigenvalue weighted by molar-refractivity contribution is -0.115. The second-order valence-electron chi connectivity index (χ2n) is 8.63. The van der Waals surface area contributed by atoms with E-state index in [2.05, 4.69) is 10.6 Å². The van der Waals surface area contributed by atoms with Crippen LogP contribution >= 0.6 is 0 Å². The van der Waals surface area contributed by atoms with Crippen molar-refractivity contribution in [1.82, 2.24) is 5.32 Å². The maximum atomic E-state index is 13.6. The number of ether oxygens (including phenoxy) is 2. The van der Waals surface area contributed by atoms with Gasteiger partial charge < -0.3 is 25.8 Å². The number of amides is 2. The summed E-state index contributed by atoms with van der Waals surface area (Å²) >= 11 is 0. The van der Waals surface area contributed by atoms with Crippen molar-refractivity contribution in [3.63, 3.8) is 0 Å². The van der Waals surface area contributed by atoms with Crippen LogP contribution in [0.5, 0.6) is 11.5 Å². The fraction of sp³-hybridized carbons (Fsp3) is 0.0968. The third-order valence-electron chi connectivity index (χ3n) is 5.96. The molecular formula is C31H28FN3O4. The summed E-state index contributed by atoms with van der Waals surface area (Å²) in [7, 11) is 3.09. The van der Waals surface area contributed by atoms with E-state index in [-0.39, 0.29) is 18.4 Å². The SMILES string of the molecule is COc1cc(/C=C(/C(=O)NCc2ccc(C(=O)Nc3ccccc3N)cc2)c2ccc(F)cc2)cc(OC)c1. The van der Waals surface area contributed by atoms with Crippen molar-refractivity contribution in [2.24, 2.45) is 0 Å². The number of hydrogen-bond acceptors (Lipinski definition) is 5. The minimum atomic E-state index is -0.402. The zero-order chi connectivity index (χ0) is 27.8. The number of benzene rings is 4. The highest BCUT2D eigenvalue weighted by Gasteiger charge is 2.14. The van der Waals surface area contributed by atoms with Gasteiger partial charge in [0, 0.05) is 23.7 Å². The molecule has 0 heterocycles. The quantitative estimate of drug-likeness (QED) is 0.151. The number of hydrogen-bond donors (Lipinski definition) is 3. The first kappa shape index (κ1) is 26.9. The third-order valence-corrected chi connectivity index (χ3v) is 5.96. The Hall–Kier alpha value is -5.11. The molecule has 8 heteroatoms. The van der Waals surface area contributed by atoms with Gasteiger partial charge >= 0.3 is 0 Å². The van der Waals surface area contributed by atoms with Gasteiger partial charge in [0.15, 0.2) is 0 Å². The number of rotatable bonds is 9. The molecular weight excluding hydrogens is 497 g/mol. The summed E-state index contributed by atoms with van der Waals surface area (Å²) in [6, 6.07) is 24.9. The summed E-state index contributed by atoms with van der Waals surface area (Å²) in [4.78, 5) is 25.9. The molecule has 0 fully saturated rings. The van der Waals surface area contributed by atoms with Crippen LogP contribution in [-0.2, 0) is 11.3 Å². The van der Waals surface area contributed by atoms with Crippen LogP contribution in [0, 0.1) is 5.82 Å². The fourth-order valence-electron chi connectivity index (χ4n) is 3.85. The van der Waals surface area contributed by atoms with Gasteiger partial charge in [0.2, 0.25) is 0 Å². The molecule has 0 spiro atoms. The van der Waals surface area contributed by atoms with Crippen molar-refractivity contribution in [1.29, 1.82) is 0 Å². The number of carbonyl (C=O) groups is 2. The highest BCUT2D eigenvalue weighted by Crippen LogP contribution is 2.27. The topological polar surface area (TPSA) is 103 Å². The van der Waals surface area contributed by atoms with Crippen LogP contribution in [0.25, 0.3) is 11.6 Å². The molecule has 0 aromatic heterocycles. The summed E-state index contributed by atoms with van der Waals surface area (Å²) in [5.41, 5.74) is 9.71. The molecule has 39 heavy (non-hydrogen) atoms. The molecule has 4 aromatic carbocycles. The van der Waals surface area contributed by atoms with Gasteiger partial charge in [-0.25, -0.2) is 4.39 Å². The van der Waals surface area contributed by atoms with E-state index in [1.54, 1.807) is 99.2 Å². The molecule has 2 amide bonds. The number of halogens is 1. The van der Waals surface area contributed by atoms with Gasteiger partial charge in [0.25, 0.3) is 11.8 Å². The van der Waals surface area contributed by atoms with E-state index >= 15 is 0 Å². The van der Waals surface area contributed by atoms with E-state index in [0.29, 0.717) is 45.1 Å². The number of nitrogens with one attached hydrogen (secondary N) is 2. The Morgan fingerprint density at radius 2 is 1.46 bits per heavy atom. The normalized spacial score (nSPS) is 11.0. The number of para-hydroxylation sites is 2. The molecule has 7 nitrogen and oxygen atoms in total. The van der Waals surface area contributed by atoms with Crippen molar-refractivity contribution in [2.75, 3.05) is 25.3 Å². The molecule has 4 aromatic rings. The second-order valence-corrected chi connectivity index (χ2v) is 8.63. The maximum absolute atomic E-state index is 13.6. The summed E-state index contributed by atoms with van der Waals surface area (Å²) in [6.07, 6.45) is 1.69. The van der Waals surface area contributed by atoms with Crippen LogP contribution in [-0.4, -0.2) is 26.0 Å². The maximum Gasteiger partial charge on any atom is 0.255 e. The molecule has 4 rings (SSSR count). The fourth-order valence-corrected chi connectivity index (χ4v) is 3.85. The van der Waals surface area contributed by atoms with Crippen LogP contribution in [0.4, 0.5) is 15.8 Å². The van der Waals surface area contributed by atoms with Crippen molar-refractivity contribution < 1.29 is 23.5 Å². The van der Waals surface area contributed by atoms with E-state index < -0.39 is 5.82 Å². The van der Waals surface area contributed by atoms with Crippen LogP contribution < -0.4 is 25.8 Å². The predicted octanol–water partition coefficient (Wildman–Crippen LogP) is 5.53. The van der Waals surface area contributed by atoms with E-state index in [1.165, 1.54) is 12.1 Å². The van der Waals surface area contributed by atoms with Crippen molar-refractivity contribution in [3.05, 3.63) is 119 Å². The number of carbonyl (C=O) groups excluding carboxylic acids is 2. The first-order valence-electron chi connectivity index (χ1n) is 12.1. The van der Waals surface area contributed by atoms with E-state index in [9.17, 15) is 14.0 Å². The van der Waals surface area contributed by atoms with Gasteiger partial charge in [-0.05, 0) is 71.3 Å². The van der Waals surface area contributed by atoms with E-state index in [1.807, 2.05) is 0 Å². The Kier molecular flexibility index (Phi) is 8.58. The van der Waals surface area contributed by atoms with Crippen LogP contribution in [0.1, 0.15) is 27.0 Å². The minimum absolute atomic E-state index is 0.215. The van der Waals surface area contributed by atoms with Crippen LogP contribution in [0.2, 0.25) is 0 Å². The summed E-state index contributed by atoms with van der Waals surface area (Å²) < 4.78 is 24.3. The van der Waals surface area contributed by atoms with E-state index in [4.69, 9.17) is 15.2 Å².